The summed E-state index contributed by atoms with van der Waals surface area (Å²) < 4.78 is 5.75. The summed E-state index contributed by atoms with van der Waals surface area (Å²) >= 11 is 0. The monoisotopic (exact) mass is 256 g/mol. The van der Waals surface area contributed by atoms with Crippen LogP contribution in [-0.4, -0.2) is 5.11 Å². The summed E-state index contributed by atoms with van der Waals surface area (Å²) in [6.07, 6.45) is -0.444. The Balaban J connectivity index is 2.03. The van der Waals surface area contributed by atoms with E-state index < -0.39 is 6.10 Å². The van der Waals surface area contributed by atoms with Gasteiger partial charge in [-0.2, -0.15) is 0 Å². The zero-order chi connectivity index (χ0) is 13.7. The quantitative estimate of drug-likeness (QED) is 0.877. The lowest BCUT2D eigenvalue weighted by molar-refractivity contribution is 0.126. The van der Waals surface area contributed by atoms with Crippen LogP contribution in [0.15, 0.2) is 54.6 Å². The molecule has 0 saturated heterocycles. The van der Waals surface area contributed by atoms with Gasteiger partial charge in [0.1, 0.15) is 12.4 Å². The molecule has 100 valence electrons. The third-order valence-corrected chi connectivity index (χ3v) is 3.08. The van der Waals surface area contributed by atoms with Crippen LogP contribution in [0.1, 0.15) is 31.1 Å². The van der Waals surface area contributed by atoms with Gasteiger partial charge in [0.25, 0.3) is 0 Å². The molecular formula is C17H20O2. The number of aliphatic hydroxyl groups excluding tert-OH is 1. The number of rotatable bonds is 5. The van der Waals surface area contributed by atoms with Crippen LogP contribution in [-0.2, 0) is 6.61 Å². The molecule has 0 aliphatic heterocycles. The molecule has 19 heavy (non-hydrogen) atoms. The van der Waals surface area contributed by atoms with E-state index in [1.165, 1.54) is 0 Å². The van der Waals surface area contributed by atoms with Crippen molar-refractivity contribution in [2.75, 3.05) is 0 Å². The standard InChI is InChI=1S/C17H20O2/c1-13(2)17(18)15-9-6-10-16(11-15)19-12-14-7-4-3-5-8-14/h3-11,13,17-18H,12H2,1-2H3. The summed E-state index contributed by atoms with van der Waals surface area (Å²) in [5.74, 6) is 0.991. The highest BCUT2D eigenvalue weighted by Crippen LogP contribution is 2.25. The van der Waals surface area contributed by atoms with Gasteiger partial charge in [-0.15, -0.1) is 0 Å². The molecule has 0 spiro atoms. The highest BCUT2D eigenvalue weighted by molar-refractivity contribution is 5.30. The maximum atomic E-state index is 10.1. The van der Waals surface area contributed by atoms with Gasteiger partial charge in [-0.3, -0.25) is 0 Å². The van der Waals surface area contributed by atoms with Crippen molar-refractivity contribution < 1.29 is 9.84 Å². The van der Waals surface area contributed by atoms with Gasteiger partial charge in [0.15, 0.2) is 0 Å². The topological polar surface area (TPSA) is 29.5 Å². The molecular weight excluding hydrogens is 236 g/mol. The molecule has 2 aromatic carbocycles. The maximum absolute atomic E-state index is 10.1. The average Bonchev–Trinajstić information content (AvgIpc) is 2.45. The largest absolute Gasteiger partial charge is 0.489 e. The Morgan fingerprint density at radius 1 is 1.00 bits per heavy atom. The highest BCUT2D eigenvalue weighted by atomic mass is 16.5. The van der Waals surface area contributed by atoms with E-state index in [1.54, 1.807) is 0 Å². The zero-order valence-corrected chi connectivity index (χ0v) is 11.4. The van der Waals surface area contributed by atoms with Crippen LogP contribution in [0.4, 0.5) is 0 Å². The van der Waals surface area contributed by atoms with Gasteiger partial charge in [0, 0.05) is 0 Å². The van der Waals surface area contributed by atoms with Crippen LogP contribution in [0.5, 0.6) is 5.75 Å². The van der Waals surface area contributed by atoms with Crippen LogP contribution in [0, 0.1) is 5.92 Å². The molecule has 2 nitrogen and oxygen atoms in total. The number of ether oxygens (including phenoxy) is 1. The van der Waals surface area contributed by atoms with E-state index in [9.17, 15) is 5.11 Å². The van der Waals surface area contributed by atoms with Crippen LogP contribution < -0.4 is 4.74 Å². The second-order valence-corrected chi connectivity index (χ2v) is 5.04. The Morgan fingerprint density at radius 3 is 2.42 bits per heavy atom. The Morgan fingerprint density at radius 2 is 1.74 bits per heavy atom. The molecule has 1 atom stereocenters. The molecule has 0 radical (unpaired) electrons. The van der Waals surface area contributed by atoms with Crippen molar-refractivity contribution in [2.45, 2.75) is 26.6 Å². The van der Waals surface area contributed by atoms with Crippen LogP contribution in [0.25, 0.3) is 0 Å². The van der Waals surface area contributed by atoms with E-state index >= 15 is 0 Å². The van der Waals surface area contributed by atoms with E-state index in [0.29, 0.717) is 6.61 Å². The molecule has 0 amide bonds. The smallest absolute Gasteiger partial charge is 0.120 e. The van der Waals surface area contributed by atoms with Gasteiger partial charge in [-0.1, -0.05) is 56.3 Å². The van der Waals surface area contributed by atoms with Gasteiger partial charge in [0.2, 0.25) is 0 Å². The van der Waals surface area contributed by atoms with Crippen molar-refractivity contribution >= 4 is 0 Å². The summed E-state index contributed by atoms with van der Waals surface area (Å²) in [5.41, 5.74) is 2.04. The molecule has 0 aliphatic carbocycles. The highest BCUT2D eigenvalue weighted by Gasteiger charge is 2.12. The van der Waals surface area contributed by atoms with Crippen molar-refractivity contribution in [1.82, 2.24) is 0 Å². The fourth-order valence-electron chi connectivity index (χ4n) is 1.91. The summed E-state index contributed by atoms with van der Waals surface area (Å²) in [4.78, 5) is 0. The first-order valence-electron chi connectivity index (χ1n) is 6.61. The number of hydrogen-bond acceptors (Lipinski definition) is 2. The Labute approximate surface area is 114 Å². The summed E-state index contributed by atoms with van der Waals surface area (Å²) in [6, 6.07) is 17.7. The molecule has 2 aromatic rings. The lowest BCUT2D eigenvalue weighted by Gasteiger charge is -2.16. The first-order valence-corrected chi connectivity index (χ1v) is 6.61. The fraction of sp³-hybridized carbons (Fsp3) is 0.294. The second-order valence-electron chi connectivity index (χ2n) is 5.04. The Kier molecular flexibility index (Phi) is 4.58. The van der Waals surface area contributed by atoms with E-state index in [1.807, 2.05) is 68.4 Å². The molecule has 0 saturated carbocycles. The van der Waals surface area contributed by atoms with Crippen molar-refractivity contribution in [2.24, 2.45) is 5.92 Å². The lowest BCUT2D eigenvalue weighted by Crippen LogP contribution is -2.05. The molecule has 0 aliphatic rings. The predicted molar refractivity (Wildman–Crippen MR) is 77.0 cm³/mol. The number of hydrogen-bond donors (Lipinski definition) is 1. The maximum Gasteiger partial charge on any atom is 0.120 e. The SMILES string of the molecule is CC(C)C(O)c1cccc(OCc2ccccc2)c1. The van der Waals surface area contributed by atoms with E-state index in [0.717, 1.165) is 16.9 Å². The normalized spacial score (nSPS) is 12.4. The summed E-state index contributed by atoms with van der Waals surface area (Å²) in [5, 5.41) is 10.1. The molecule has 2 heteroatoms. The van der Waals surface area contributed by atoms with Crippen molar-refractivity contribution in [3.05, 3.63) is 65.7 Å². The molecule has 0 heterocycles. The van der Waals surface area contributed by atoms with E-state index in [-0.39, 0.29) is 5.92 Å². The summed E-state index contributed by atoms with van der Waals surface area (Å²) in [7, 11) is 0. The first kappa shape index (κ1) is 13.6. The lowest BCUT2D eigenvalue weighted by atomic mass is 9.99. The Hall–Kier alpha value is -1.80. The first-order chi connectivity index (χ1) is 9.16. The molecule has 1 unspecified atom stereocenters. The van der Waals surface area contributed by atoms with Crippen molar-refractivity contribution in [3.8, 4) is 5.75 Å². The molecule has 0 fully saturated rings. The molecule has 0 aromatic heterocycles. The average molecular weight is 256 g/mol. The van der Waals surface area contributed by atoms with Gasteiger partial charge in [-0.25, -0.2) is 0 Å². The van der Waals surface area contributed by atoms with Crippen LogP contribution in [0.2, 0.25) is 0 Å². The Bertz CT molecular complexity index is 506. The third-order valence-electron chi connectivity index (χ3n) is 3.08. The number of benzene rings is 2. The minimum Gasteiger partial charge on any atom is -0.489 e. The third kappa shape index (κ3) is 3.83. The predicted octanol–water partition coefficient (Wildman–Crippen LogP) is 3.96. The van der Waals surface area contributed by atoms with Gasteiger partial charge in [-0.05, 0) is 29.2 Å². The van der Waals surface area contributed by atoms with Gasteiger partial charge >= 0.3 is 0 Å². The molecule has 1 N–H and O–H groups in total. The summed E-state index contributed by atoms with van der Waals surface area (Å²) in [6.45, 7) is 4.55. The van der Waals surface area contributed by atoms with E-state index in [2.05, 4.69) is 0 Å². The van der Waals surface area contributed by atoms with E-state index in [4.69, 9.17) is 4.74 Å². The molecule has 2 rings (SSSR count). The minimum absolute atomic E-state index is 0.198. The zero-order valence-electron chi connectivity index (χ0n) is 11.4. The van der Waals surface area contributed by atoms with Crippen molar-refractivity contribution in [3.63, 3.8) is 0 Å². The van der Waals surface area contributed by atoms with Crippen LogP contribution in [0.3, 0.4) is 0 Å². The fourth-order valence-corrected chi connectivity index (χ4v) is 1.91. The van der Waals surface area contributed by atoms with Crippen LogP contribution >= 0.6 is 0 Å². The van der Waals surface area contributed by atoms with Crippen molar-refractivity contribution in [1.29, 1.82) is 0 Å². The minimum atomic E-state index is -0.444. The van der Waals surface area contributed by atoms with Gasteiger partial charge < -0.3 is 9.84 Å². The van der Waals surface area contributed by atoms with Gasteiger partial charge in [0.05, 0.1) is 6.10 Å². The molecule has 0 bridgehead atoms. The number of aliphatic hydroxyl groups is 1. The second kappa shape index (κ2) is 6.39.